The molecule has 2 aliphatic heterocycles. The van der Waals surface area contributed by atoms with Gasteiger partial charge in [-0.1, -0.05) is 60.7 Å². The number of carbonyl (C=O) groups is 4. The highest BCUT2D eigenvalue weighted by molar-refractivity contribution is 6.38. The van der Waals surface area contributed by atoms with E-state index in [0.717, 1.165) is 24.0 Å². The summed E-state index contributed by atoms with van der Waals surface area (Å²) in [4.78, 5) is 53.1. The van der Waals surface area contributed by atoms with Gasteiger partial charge in [-0.15, -0.1) is 0 Å². The average Bonchev–Trinajstić information content (AvgIpc) is 3.53. The van der Waals surface area contributed by atoms with Crippen LogP contribution in [0.25, 0.3) is 0 Å². The number of carbonyl (C=O) groups excluding carboxylic acids is 4. The molecular formula is C27H31N3O5. The number of ketones is 1. The van der Waals surface area contributed by atoms with Crippen LogP contribution < -0.4 is 10.6 Å². The number of likely N-dealkylation sites (tertiary alicyclic amines) is 1. The molecule has 2 fully saturated rings. The molecule has 2 unspecified atom stereocenters. The second-order valence-corrected chi connectivity index (χ2v) is 9.02. The number of nitrogens with zero attached hydrogens (tertiary/aromatic N) is 1. The van der Waals surface area contributed by atoms with Crippen molar-refractivity contribution in [3.63, 3.8) is 0 Å². The highest BCUT2D eigenvalue weighted by Crippen LogP contribution is 2.22. The maximum Gasteiger partial charge on any atom is 0.289 e. The first-order valence-corrected chi connectivity index (χ1v) is 12.1. The van der Waals surface area contributed by atoms with Gasteiger partial charge in [0.15, 0.2) is 0 Å². The minimum Gasteiger partial charge on any atom is -0.376 e. The van der Waals surface area contributed by atoms with Gasteiger partial charge >= 0.3 is 0 Å². The van der Waals surface area contributed by atoms with Gasteiger partial charge in [0.1, 0.15) is 12.1 Å². The molecule has 35 heavy (non-hydrogen) atoms. The van der Waals surface area contributed by atoms with Crippen molar-refractivity contribution >= 4 is 23.5 Å². The van der Waals surface area contributed by atoms with E-state index >= 15 is 0 Å². The molecule has 0 saturated carbocycles. The van der Waals surface area contributed by atoms with Crippen LogP contribution in [0, 0.1) is 0 Å². The minimum atomic E-state index is -1.04. The van der Waals surface area contributed by atoms with E-state index in [1.807, 2.05) is 60.7 Å². The lowest BCUT2D eigenvalue weighted by Gasteiger charge is -2.26. The zero-order chi connectivity index (χ0) is 24.6. The van der Waals surface area contributed by atoms with Crippen molar-refractivity contribution < 1.29 is 23.9 Å². The highest BCUT2D eigenvalue weighted by atomic mass is 16.5. The maximum absolute atomic E-state index is 13.3. The summed E-state index contributed by atoms with van der Waals surface area (Å²) in [5.74, 6) is -1.98. The Hall–Kier alpha value is -3.52. The van der Waals surface area contributed by atoms with Crippen LogP contribution in [0.15, 0.2) is 60.7 Å². The summed E-state index contributed by atoms with van der Waals surface area (Å²) in [5.41, 5.74) is 1.74. The first kappa shape index (κ1) is 24.6. The summed E-state index contributed by atoms with van der Waals surface area (Å²) in [5, 5.41) is 5.43. The second kappa shape index (κ2) is 11.8. The van der Waals surface area contributed by atoms with Gasteiger partial charge in [0, 0.05) is 32.5 Å². The van der Waals surface area contributed by atoms with Crippen molar-refractivity contribution in [3.8, 4) is 0 Å². The zero-order valence-corrected chi connectivity index (χ0v) is 19.7. The largest absolute Gasteiger partial charge is 0.376 e. The summed E-state index contributed by atoms with van der Waals surface area (Å²) in [6, 6.07) is 17.0. The van der Waals surface area contributed by atoms with Gasteiger partial charge in [-0.3, -0.25) is 19.2 Å². The number of ether oxygens (including phenoxy) is 1. The molecule has 0 spiro atoms. The van der Waals surface area contributed by atoms with Gasteiger partial charge in [-0.25, -0.2) is 0 Å². The quantitative estimate of drug-likeness (QED) is 0.508. The highest BCUT2D eigenvalue weighted by Gasteiger charge is 2.38. The summed E-state index contributed by atoms with van der Waals surface area (Å²) in [6.07, 6.45) is 2.49. The number of Topliss-reactive ketones (excluding diaryl/α,β-unsaturated/α-hetero) is 1. The number of amides is 3. The zero-order valence-electron chi connectivity index (χ0n) is 19.7. The van der Waals surface area contributed by atoms with Crippen LogP contribution in [0.5, 0.6) is 0 Å². The Morgan fingerprint density at radius 1 is 0.971 bits per heavy atom. The molecule has 8 heteroatoms. The second-order valence-electron chi connectivity index (χ2n) is 9.02. The van der Waals surface area contributed by atoms with Crippen LogP contribution in [-0.4, -0.2) is 59.7 Å². The predicted molar refractivity (Wildman–Crippen MR) is 129 cm³/mol. The van der Waals surface area contributed by atoms with E-state index in [-0.39, 0.29) is 31.4 Å². The molecule has 2 aromatic carbocycles. The van der Waals surface area contributed by atoms with Gasteiger partial charge in [-0.2, -0.15) is 0 Å². The lowest BCUT2D eigenvalue weighted by Crippen LogP contribution is -2.54. The Kier molecular flexibility index (Phi) is 8.26. The first-order chi connectivity index (χ1) is 17.0. The topological polar surface area (TPSA) is 105 Å². The molecule has 3 atom stereocenters. The molecule has 2 heterocycles. The fourth-order valence-electron chi connectivity index (χ4n) is 4.57. The van der Waals surface area contributed by atoms with Crippen LogP contribution in [0.1, 0.15) is 36.8 Å². The molecule has 184 valence electrons. The van der Waals surface area contributed by atoms with Crippen molar-refractivity contribution in [2.45, 2.75) is 56.8 Å². The Bertz CT molecular complexity index is 1040. The smallest absolute Gasteiger partial charge is 0.289 e. The molecule has 3 amide bonds. The molecule has 4 rings (SSSR count). The molecule has 0 aromatic heterocycles. The monoisotopic (exact) mass is 477 g/mol. The third-order valence-corrected chi connectivity index (χ3v) is 6.48. The van der Waals surface area contributed by atoms with Crippen molar-refractivity contribution in [3.05, 3.63) is 71.8 Å². The molecular weight excluding hydrogens is 446 g/mol. The number of nitrogens with one attached hydrogen (secondary N) is 2. The van der Waals surface area contributed by atoms with Crippen molar-refractivity contribution in [2.24, 2.45) is 0 Å². The third kappa shape index (κ3) is 6.54. The fraction of sp³-hybridized carbons (Fsp3) is 0.407. The van der Waals surface area contributed by atoms with E-state index in [1.54, 1.807) is 4.90 Å². The molecule has 2 aliphatic rings. The van der Waals surface area contributed by atoms with Crippen molar-refractivity contribution in [2.75, 3.05) is 13.2 Å². The lowest BCUT2D eigenvalue weighted by atomic mass is 10.0. The maximum atomic E-state index is 13.3. The lowest BCUT2D eigenvalue weighted by molar-refractivity contribution is -0.141. The number of benzene rings is 2. The van der Waals surface area contributed by atoms with E-state index in [0.29, 0.717) is 19.6 Å². The minimum absolute atomic E-state index is 0.0926. The number of hydrogen-bond acceptors (Lipinski definition) is 5. The third-order valence-electron chi connectivity index (χ3n) is 6.48. The van der Waals surface area contributed by atoms with E-state index in [9.17, 15) is 19.2 Å². The SMILES string of the molecule is O=C(NCC1CCCO1)C(=O)C(Cc1ccccc1)NC(=O)[C@H]1CCC(=O)N1Cc1ccccc1. The molecule has 8 nitrogen and oxygen atoms in total. The fourth-order valence-corrected chi connectivity index (χ4v) is 4.57. The van der Waals surface area contributed by atoms with Crippen LogP contribution in [-0.2, 0) is 36.9 Å². The van der Waals surface area contributed by atoms with Crippen LogP contribution in [0.3, 0.4) is 0 Å². The van der Waals surface area contributed by atoms with Gasteiger partial charge in [0.25, 0.3) is 5.91 Å². The van der Waals surface area contributed by atoms with E-state index in [4.69, 9.17) is 4.74 Å². The van der Waals surface area contributed by atoms with Gasteiger partial charge < -0.3 is 20.3 Å². The standard InChI is InChI=1S/C27H31N3O5/c31-24-14-13-23(30(24)18-20-10-5-2-6-11-20)26(33)29-22(16-19-8-3-1-4-9-19)25(32)27(34)28-17-21-12-7-15-35-21/h1-6,8-11,21-23H,7,12-18H2,(H,28,34)(H,29,33)/t21?,22?,23-/m1/s1. The van der Waals surface area contributed by atoms with Crippen LogP contribution >= 0.6 is 0 Å². The molecule has 2 aromatic rings. The first-order valence-electron chi connectivity index (χ1n) is 12.1. The van der Waals surface area contributed by atoms with E-state index < -0.39 is 29.7 Å². The number of rotatable bonds is 10. The molecule has 0 bridgehead atoms. The van der Waals surface area contributed by atoms with Crippen LogP contribution in [0.2, 0.25) is 0 Å². The molecule has 0 aliphatic carbocycles. The van der Waals surface area contributed by atoms with Gasteiger partial charge in [0.2, 0.25) is 17.6 Å². The normalized spacial score (nSPS) is 20.5. The summed E-state index contributed by atoms with van der Waals surface area (Å²) in [6.45, 7) is 1.23. The summed E-state index contributed by atoms with van der Waals surface area (Å²) >= 11 is 0. The summed E-state index contributed by atoms with van der Waals surface area (Å²) in [7, 11) is 0. The van der Waals surface area contributed by atoms with Gasteiger partial charge in [-0.05, 0) is 30.4 Å². The van der Waals surface area contributed by atoms with Gasteiger partial charge in [0.05, 0.1) is 6.10 Å². The Morgan fingerprint density at radius 2 is 1.66 bits per heavy atom. The number of hydrogen-bond donors (Lipinski definition) is 2. The molecule has 0 radical (unpaired) electrons. The van der Waals surface area contributed by atoms with Crippen LogP contribution in [0.4, 0.5) is 0 Å². The molecule has 2 N–H and O–H groups in total. The van der Waals surface area contributed by atoms with E-state index in [1.165, 1.54) is 0 Å². The Balaban J connectivity index is 1.45. The Morgan fingerprint density at radius 3 is 2.31 bits per heavy atom. The predicted octanol–water partition coefficient (Wildman–Crippen LogP) is 1.77. The van der Waals surface area contributed by atoms with Crippen molar-refractivity contribution in [1.82, 2.24) is 15.5 Å². The van der Waals surface area contributed by atoms with Crippen molar-refractivity contribution in [1.29, 1.82) is 0 Å². The Labute approximate surface area is 205 Å². The summed E-state index contributed by atoms with van der Waals surface area (Å²) < 4.78 is 5.51. The van der Waals surface area contributed by atoms with E-state index in [2.05, 4.69) is 10.6 Å². The molecule has 2 saturated heterocycles. The average molecular weight is 478 g/mol.